The maximum Gasteiger partial charge on any atom is 0.243 e. The summed E-state index contributed by atoms with van der Waals surface area (Å²) in [6.45, 7) is 10.4. The molecule has 0 unspecified atom stereocenters. The molecule has 7 heteroatoms. The van der Waals surface area contributed by atoms with Crippen molar-refractivity contribution in [1.29, 1.82) is 0 Å². The highest BCUT2D eigenvalue weighted by Gasteiger charge is 2.29. The van der Waals surface area contributed by atoms with Crippen molar-refractivity contribution in [1.82, 2.24) is 19.8 Å². The van der Waals surface area contributed by atoms with Crippen LogP contribution in [-0.2, 0) is 16.1 Å². The van der Waals surface area contributed by atoms with Gasteiger partial charge in [0.2, 0.25) is 11.8 Å². The Labute approximate surface area is 177 Å². The lowest BCUT2D eigenvalue weighted by Gasteiger charge is -2.39. The van der Waals surface area contributed by atoms with E-state index >= 15 is 0 Å². The van der Waals surface area contributed by atoms with Crippen LogP contribution in [0.5, 0.6) is 0 Å². The summed E-state index contributed by atoms with van der Waals surface area (Å²) in [5.74, 6) is 0.352. The number of fused-ring (bicyclic) bond motifs is 1. The second-order valence-electron chi connectivity index (χ2n) is 8.99. The van der Waals surface area contributed by atoms with E-state index in [4.69, 9.17) is 4.98 Å². The zero-order valence-corrected chi connectivity index (χ0v) is 18.9. The van der Waals surface area contributed by atoms with Gasteiger partial charge in [0.05, 0.1) is 16.8 Å². The molecular weight excluding hydrogens is 384 g/mol. The van der Waals surface area contributed by atoms with Crippen molar-refractivity contribution in [2.24, 2.45) is 0 Å². The number of likely N-dealkylation sites (tertiary alicyclic amines) is 1. The fraction of sp³-hybridized carbons (Fsp3) is 0.591. The van der Waals surface area contributed by atoms with E-state index in [9.17, 15) is 9.59 Å². The Hall–Kier alpha value is -2.02. The van der Waals surface area contributed by atoms with Crippen LogP contribution in [0.15, 0.2) is 29.4 Å². The maximum absolute atomic E-state index is 13.2. The first kappa shape index (κ1) is 21.7. The van der Waals surface area contributed by atoms with E-state index in [-0.39, 0.29) is 41.7 Å². The molecule has 29 heavy (non-hydrogen) atoms. The van der Waals surface area contributed by atoms with E-state index in [1.54, 1.807) is 0 Å². The lowest BCUT2D eigenvalue weighted by Crippen LogP contribution is -2.48. The van der Waals surface area contributed by atoms with Crippen LogP contribution in [-0.4, -0.2) is 49.6 Å². The van der Waals surface area contributed by atoms with Gasteiger partial charge in [-0.05, 0) is 66.0 Å². The Morgan fingerprint density at radius 1 is 1.17 bits per heavy atom. The second-order valence-corrected chi connectivity index (χ2v) is 9.93. The molecule has 1 aliphatic rings. The number of thioether (sulfide) groups is 1. The summed E-state index contributed by atoms with van der Waals surface area (Å²) < 4.78 is 1.96. The Kier molecular flexibility index (Phi) is 6.56. The third-order valence-electron chi connectivity index (χ3n) is 5.24. The van der Waals surface area contributed by atoms with Gasteiger partial charge in [0.1, 0.15) is 6.54 Å². The predicted octanol–water partition coefficient (Wildman–Crippen LogP) is 3.83. The van der Waals surface area contributed by atoms with Crippen molar-refractivity contribution in [3.05, 3.63) is 24.3 Å². The number of amides is 2. The Morgan fingerprint density at radius 2 is 1.83 bits per heavy atom. The van der Waals surface area contributed by atoms with E-state index in [1.807, 2.05) is 54.5 Å². The monoisotopic (exact) mass is 416 g/mol. The van der Waals surface area contributed by atoms with Gasteiger partial charge < -0.3 is 14.8 Å². The van der Waals surface area contributed by atoms with Crippen molar-refractivity contribution >= 4 is 34.6 Å². The quantitative estimate of drug-likeness (QED) is 0.752. The molecule has 1 saturated heterocycles. The van der Waals surface area contributed by atoms with Crippen LogP contribution < -0.4 is 5.32 Å². The van der Waals surface area contributed by atoms with Gasteiger partial charge in [-0.2, -0.15) is 0 Å². The summed E-state index contributed by atoms with van der Waals surface area (Å²) in [5.41, 5.74) is 1.50. The van der Waals surface area contributed by atoms with E-state index in [0.29, 0.717) is 5.16 Å². The lowest BCUT2D eigenvalue weighted by atomic mass is 9.97. The van der Waals surface area contributed by atoms with Crippen LogP contribution in [0.3, 0.4) is 0 Å². The van der Waals surface area contributed by atoms with Gasteiger partial charge in [-0.1, -0.05) is 23.9 Å². The predicted molar refractivity (Wildman–Crippen MR) is 118 cm³/mol. The first-order valence-corrected chi connectivity index (χ1v) is 11.3. The highest BCUT2D eigenvalue weighted by atomic mass is 32.2. The maximum atomic E-state index is 13.2. The number of imidazole rings is 1. The van der Waals surface area contributed by atoms with Gasteiger partial charge >= 0.3 is 0 Å². The number of nitrogens with one attached hydrogen (secondary N) is 1. The number of nitrogens with zero attached hydrogens (tertiary/aromatic N) is 3. The molecule has 2 amide bonds. The Bertz CT molecular complexity index is 877. The van der Waals surface area contributed by atoms with Gasteiger partial charge in [-0.3, -0.25) is 9.59 Å². The standard InChI is InChI=1S/C22H32N4O2S/c1-15-9-8-10-16(2)26(15)20(28)13-25-18-12-7-6-11-17(18)23-21(25)29-14-19(27)24-22(3,4)5/h6-7,11-12,15-16H,8-10,13-14H2,1-5H3,(H,24,27)/t15-,16-/m1/s1. The molecule has 3 rings (SSSR count). The summed E-state index contributed by atoms with van der Waals surface area (Å²) in [7, 11) is 0. The highest BCUT2D eigenvalue weighted by Crippen LogP contribution is 2.27. The molecule has 158 valence electrons. The van der Waals surface area contributed by atoms with Crippen LogP contribution in [0.2, 0.25) is 0 Å². The second kappa shape index (κ2) is 8.78. The zero-order valence-electron chi connectivity index (χ0n) is 18.1. The fourth-order valence-electron chi connectivity index (χ4n) is 4.03. The van der Waals surface area contributed by atoms with Gasteiger partial charge in [-0.25, -0.2) is 4.98 Å². The number of benzene rings is 1. The minimum Gasteiger partial charge on any atom is -0.351 e. The first-order chi connectivity index (χ1) is 13.7. The molecule has 1 fully saturated rings. The third kappa shape index (κ3) is 5.32. The lowest BCUT2D eigenvalue weighted by molar-refractivity contribution is -0.138. The van der Waals surface area contributed by atoms with Crippen LogP contribution in [0.25, 0.3) is 11.0 Å². The summed E-state index contributed by atoms with van der Waals surface area (Å²) >= 11 is 1.38. The van der Waals surface area contributed by atoms with Gasteiger partial charge in [0.15, 0.2) is 5.16 Å². The summed E-state index contributed by atoms with van der Waals surface area (Å²) in [6, 6.07) is 8.35. The van der Waals surface area contributed by atoms with Crippen LogP contribution in [0, 0.1) is 0 Å². The van der Waals surface area contributed by atoms with Crippen LogP contribution in [0.4, 0.5) is 0 Å². The number of piperidine rings is 1. The van der Waals surface area contributed by atoms with Crippen LogP contribution >= 0.6 is 11.8 Å². The summed E-state index contributed by atoms with van der Waals surface area (Å²) in [6.07, 6.45) is 3.27. The minimum atomic E-state index is -0.270. The molecule has 2 atom stereocenters. The smallest absolute Gasteiger partial charge is 0.243 e. The summed E-state index contributed by atoms with van der Waals surface area (Å²) in [4.78, 5) is 32.2. The normalized spacial score (nSPS) is 20.1. The average molecular weight is 417 g/mol. The van der Waals surface area contributed by atoms with Crippen LogP contribution in [0.1, 0.15) is 53.9 Å². The molecule has 1 aromatic carbocycles. The first-order valence-electron chi connectivity index (χ1n) is 10.4. The Balaban J connectivity index is 1.81. The third-order valence-corrected chi connectivity index (χ3v) is 6.22. The number of carbonyl (C=O) groups excluding carboxylic acids is 2. The van der Waals surface area contributed by atoms with Gasteiger partial charge in [0.25, 0.3) is 0 Å². The fourth-order valence-corrected chi connectivity index (χ4v) is 4.84. The molecule has 1 aromatic heterocycles. The molecule has 1 N–H and O–H groups in total. The highest BCUT2D eigenvalue weighted by molar-refractivity contribution is 7.99. The van der Waals surface area contributed by atoms with Crippen molar-refractivity contribution in [2.45, 2.75) is 83.2 Å². The molecule has 2 aromatic rings. The number of para-hydroxylation sites is 2. The van der Waals surface area contributed by atoms with E-state index in [2.05, 4.69) is 19.2 Å². The van der Waals surface area contributed by atoms with Crippen molar-refractivity contribution < 1.29 is 9.59 Å². The van der Waals surface area contributed by atoms with Gasteiger partial charge in [0, 0.05) is 17.6 Å². The topological polar surface area (TPSA) is 67.2 Å². The van der Waals surface area contributed by atoms with Crippen molar-refractivity contribution in [3.8, 4) is 0 Å². The molecule has 0 bridgehead atoms. The summed E-state index contributed by atoms with van der Waals surface area (Å²) in [5, 5.41) is 3.68. The number of rotatable bonds is 5. The van der Waals surface area contributed by atoms with E-state index in [0.717, 1.165) is 23.9 Å². The van der Waals surface area contributed by atoms with E-state index < -0.39 is 0 Å². The van der Waals surface area contributed by atoms with Crippen molar-refractivity contribution in [2.75, 3.05) is 5.75 Å². The number of hydrogen-bond donors (Lipinski definition) is 1. The molecule has 0 aliphatic carbocycles. The number of hydrogen-bond acceptors (Lipinski definition) is 4. The minimum absolute atomic E-state index is 0.0364. The molecule has 1 aliphatic heterocycles. The van der Waals surface area contributed by atoms with Gasteiger partial charge in [-0.15, -0.1) is 0 Å². The Morgan fingerprint density at radius 3 is 2.48 bits per heavy atom. The average Bonchev–Trinajstić information content (AvgIpc) is 2.96. The zero-order chi connectivity index (χ0) is 21.2. The van der Waals surface area contributed by atoms with E-state index in [1.165, 1.54) is 18.2 Å². The molecular formula is C22H32N4O2S. The van der Waals surface area contributed by atoms with Crippen molar-refractivity contribution in [3.63, 3.8) is 0 Å². The molecule has 0 radical (unpaired) electrons. The number of carbonyl (C=O) groups is 2. The number of aromatic nitrogens is 2. The molecule has 6 nitrogen and oxygen atoms in total. The molecule has 2 heterocycles. The SMILES string of the molecule is C[C@@H]1CCC[C@@H](C)N1C(=O)Cn1c(SCC(=O)NC(C)(C)C)nc2ccccc21. The molecule has 0 saturated carbocycles. The molecule has 0 spiro atoms. The largest absolute Gasteiger partial charge is 0.351 e.